The van der Waals surface area contributed by atoms with E-state index >= 15 is 0 Å². The van der Waals surface area contributed by atoms with Crippen molar-refractivity contribution in [2.24, 2.45) is 17.6 Å². The zero-order valence-electron chi connectivity index (χ0n) is 14.4. The molecular formula is C20H29N3O. The number of amides is 1. The minimum absolute atomic E-state index is 0.0639. The van der Waals surface area contributed by atoms with Crippen LogP contribution < -0.4 is 5.73 Å². The molecule has 0 radical (unpaired) electrons. The van der Waals surface area contributed by atoms with Crippen molar-refractivity contribution >= 4 is 5.91 Å². The Balaban J connectivity index is 1.44. The molecule has 2 N–H and O–H groups in total. The standard InChI is InChI=1S/C20H29N3O/c21-18-10-9-16-13-23(14-17(16)18)20(24)19-8-4-5-11-22(19)12-15-6-2-1-3-7-15/h1-3,6-7,16-19H,4-5,8-14,21H2. The fourth-order valence-corrected chi connectivity index (χ4v) is 4.98. The fourth-order valence-electron chi connectivity index (χ4n) is 4.98. The number of hydrogen-bond donors (Lipinski definition) is 1. The average Bonchev–Trinajstić information content (AvgIpc) is 3.18. The SMILES string of the molecule is NC1CCC2CN(C(=O)C3CCCCN3Cc3ccccc3)CC12. The molecule has 2 heterocycles. The second-order valence-corrected chi connectivity index (χ2v) is 7.88. The third-order valence-corrected chi connectivity index (χ3v) is 6.35. The minimum Gasteiger partial charge on any atom is -0.341 e. The van der Waals surface area contributed by atoms with E-state index in [1.807, 2.05) is 0 Å². The smallest absolute Gasteiger partial charge is 0.239 e. The van der Waals surface area contributed by atoms with E-state index in [1.54, 1.807) is 0 Å². The Morgan fingerprint density at radius 2 is 1.92 bits per heavy atom. The Labute approximate surface area is 145 Å². The number of rotatable bonds is 3. The molecule has 24 heavy (non-hydrogen) atoms. The normalized spacial score (nSPS) is 33.6. The molecule has 1 aliphatic carbocycles. The largest absolute Gasteiger partial charge is 0.341 e. The second-order valence-electron chi connectivity index (χ2n) is 7.88. The molecule has 4 rings (SSSR count). The third kappa shape index (κ3) is 3.09. The summed E-state index contributed by atoms with van der Waals surface area (Å²) < 4.78 is 0. The van der Waals surface area contributed by atoms with Gasteiger partial charge in [0, 0.05) is 25.7 Å². The summed E-state index contributed by atoms with van der Waals surface area (Å²) in [5.74, 6) is 1.54. The highest BCUT2D eigenvalue weighted by Crippen LogP contribution is 2.38. The zero-order valence-corrected chi connectivity index (χ0v) is 14.4. The van der Waals surface area contributed by atoms with Crippen molar-refractivity contribution < 1.29 is 4.79 Å². The predicted octanol–water partition coefficient (Wildman–Crippen LogP) is 2.24. The van der Waals surface area contributed by atoms with Crippen LogP contribution >= 0.6 is 0 Å². The van der Waals surface area contributed by atoms with E-state index in [-0.39, 0.29) is 6.04 Å². The summed E-state index contributed by atoms with van der Waals surface area (Å²) in [6, 6.07) is 10.9. The molecule has 130 valence electrons. The first kappa shape index (κ1) is 16.1. The molecule has 0 spiro atoms. The van der Waals surface area contributed by atoms with E-state index in [4.69, 9.17) is 5.73 Å². The molecule has 1 aromatic rings. The molecule has 1 saturated carbocycles. The maximum Gasteiger partial charge on any atom is 0.239 e. The van der Waals surface area contributed by atoms with Crippen molar-refractivity contribution in [3.63, 3.8) is 0 Å². The number of hydrogen-bond acceptors (Lipinski definition) is 3. The van der Waals surface area contributed by atoms with E-state index in [2.05, 4.69) is 40.1 Å². The molecule has 0 bridgehead atoms. The van der Waals surface area contributed by atoms with Gasteiger partial charge in [-0.25, -0.2) is 0 Å². The Kier molecular flexibility index (Phi) is 4.59. The van der Waals surface area contributed by atoms with Crippen LogP contribution in [0.1, 0.15) is 37.7 Å². The van der Waals surface area contributed by atoms with Gasteiger partial charge in [0.2, 0.25) is 5.91 Å². The van der Waals surface area contributed by atoms with Gasteiger partial charge >= 0.3 is 0 Å². The van der Waals surface area contributed by atoms with Crippen LogP contribution in [0.25, 0.3) is 0 Å². The summed E-state index contributed by atoms with van der Waals surface area (Å²) in [6.45, 7) is 3.75. The van der Waals surface area contributed by atoms with Crippen molar-refractivity contribution in [2.75, 3.05) is 19.6 Å². The molecular weight excluding hydrogens is 298 g/mol. The highest BCUT2D eigenvalue weighted by molar-refractivity contribution is 5.82. The molecule has 0 aromatic heterocycles. The summed E-state index contributed by atoms with van der Waals surface area (Å²) in [5, 5.41) is 0. The van der Waals surface area contributed by atoms with E-state index in [9.17, 15) is 4.79 Å². The highest BCUT2D eigenvalue weighted by atomic mass is 16.2. The van der Waals surface area contributed by atoms with Crippen LogP contribution in [0.4, 0.5) is 0 Å². The van der Waals surface area contributed by atoms with E-state index < -0.39 is 0 Å². The minimum atomic E-state index is 0.0639. The number of benzene rings is 1. The van der Waals surface area contributed by atoms with Gasteiger partial charge in [-0.2, -0.15) is 0 Å². The van der Waals surface area contributed by atoms with Gasteiger partial charge < -0.3 is 10.6 Å². The Morgan fingerprint density at radius 3 is 2.71 bits per heavy atom. The summed E-state index contributed by atoms with van der Waals surface area (Å²) >= 11 is 0. The summed E-state index contributed by atoms with van der Waals surface area (Å²) in [4.78, 5) is 17.7. The molecule has 1 aromatic carbocycles. The first-order valence-corrected chi connectivity index (χ1v) is 9.54. The molecule has 2 saturated heterocycles. The molecule has 3 fully saturated rings. The van der Waals surface area contributed by atoms with Crippen LogP contribution in [0.15, 0.2) is 30.3 Å². The fraction of sp³-hybridized carbons (Fsp3) is 0.650. The molecule has 2 aliphatic heterocycles. The summed E-state index contributed by atoms with van der Waals surface area (Å²) in [7, 11) is 0. The predicted molar refractivity (Wildman–Crippen MR) is 95.3 cm³/mol. The van der Waals surface area contributed by atoms with Gasteiger partial charge in [-0.3, -0.25) is 9.69 Å². The van der Waals surface area contributed by atoms with Crippen molar-refractivity contribution in [3.8, 4) is 0 Å². The van der Waals surface area contributed by atoms with Gasteiger partial charge in [-0.05, 0) is 49.6 Å². The van der Waals surface area contributed by atoms with Gasteiger partial charge in [0.1, 0.15) is 0 Å². The van der Waals surface area contributed by atoms with Gasteiger partial charge in [-0.1, -0.05) is 36.8 Å². The van der Waals surface area contributed by atoms with Crippen LogP contribution in [0.3, 0.4) is 0 Å². The van der Waals surface area contributed by atoms with Crippen molar-refractivity contribution in [3.05, 3.63) is 35.9 Å². The number of piperidine rings is 1. The van der Waals surface area contributed by atoms with Gasteiger partial charge in [0.15, 0.2) is 0 Å². The maximum absolute atomic E-state index is 13.2. The quantitative estimate of drug-likeness (QED) is 0.926. The van der Waals surface area contributed by atoms with Crippen LogP contribution in [0.2, 0.25) is 0 Å². The molecule has 3 aliphatic rings. The average molecular weight is 327 g/mol. The molecule has 1 amide bonds. The molecule has 4 heteroatoms. The van der Waals surface area contributed by atoms with E-state index in [0.717, 1.165) is 39.0 Å². The van der Waals surface area contributed by atoms with Crippen molar-refractivity contribution in [1.82, 2.24) is 9.80 Å². The van der Waals surface area contributed by atoms with Crippen molar-refractivity contribution in [1.29, 1.82) is 0 Å². The van der Waals surface area contributed by atoms with Crippen LogP contribution in [0, 0.1) is 11.8 Å². The highest BCUT2D eigenvalue weighted by Gasteiger charge is 2.44. The molecule has 4 nitrogen and oxygen atoms in total. The monoisotopic (exact) mass is 327 g/mol. The Bertz CT molecular complexity index is 576. The van der Waals surface area contributed by atoms with Crippen molar-refractivity contribution in [2.45, 2.75) is 50.7 Å². The van der Waals surface area contributed by atoms with Gasteiger partial charge in [0.25, 0.3) is 0 Å². The Hall–Kier alpha value is -1.39. The topological polar surface area (TPSA) is 49.6 Å². The lowest BCUT2D eigenvalue weighted by molar-refractivity contribution is -0.137. The summed E-state index contributed by atoms with van der Waals surface area (Å²) in [5.41, 5.74) is 7.55. The van der Waals surface area contributed by atoms with Crippen LogP contribution in [-0.2, 0) is 11.3 Å². The third-order valence-electron chi connectivity index (χ3n) is 6.35. The molecule has 4 atom stereocenters. The first-order chi connectivity index (χ1) is 11.7. The van der Waals surface area contributed by atoms with E-state index in [0.29, 0.717) is 23.8 Å². The number of fused-ring (bicyclic) bond motifs is 1. The van der Waals surface area contributed by atoms with Crippen LogP contribution in [0.5, 0.6) is 0 Å². The summed E-state index contributed by atoms with van der Waals surface area (Å²) in [6.07, 6.45) is 5.72. The maximum atomic E-state index is 13.2. The zero-order chi connectivity index (χ0) is 16.5. The lowest BCUT2D eigenvalue weighted by Gasteiger charge is -2.37. The van der Waals surface area contributed by atoms with Crippen LogP contribution in [-0.4, -0.2) is 47.4 Å². The second kappa shape index (κ2) is 6.85. The number of carbonyl (C=O) groups is 1. The molecule has 4 unspecified atom stereocenters. The van der Waals surface area contributed by atoms with Gasteiger partial charge in [-0.15, -0.1) is 0 Å². The lowest BCUT2D eigenvalue weighted by atomic mass is 9.98. The lowest BCUT2D eigenvalue weighted by Crippen LogP contribution is -2.50. The van der Waals surface area contributed by atoms with Gasteiger partial charge in [0.05, 0.1) is 6.04 Å². The Morgan fingerprint density at radius 1 is 1.08 bits per heavy atom. The number of carbonyl (C=O) groups excluding carboxylic acids is 1. The first-order valence-electron chi connectivity index (χ1n) is 9.54. The number of nitrogens with zero attached hydrogens (tertiary/aromatic N) is 2. The van der Waals surface area contributed by atoms with E-state index in [1.165, 1.54) is 24.8 Å². The number of likely N-dealkylation sites (tertiary alicyclic amines) is 2. The number of nitrogens with two attached hydrogens (primary N) is 1.